The molecule has 1 aromatic rings. The first-order valence-electron chi connectivity index (χ1n) is 4.50. The van der Waals surface area contributed by atoms with Gasteiger partial charge in [-0.1, -0.05) is 22.0 Å². The van der Waals surface area contributed by atoms with Crippen LogP contribution in [0.5, 0.6) is 0 Å². The molecule has 17 heavy (non-hydrogen) atoms. The monoisotopic (exact) mass is 328 g/mol. The number of hydrogen-bond acceptors (Lipinski definition) is 2. The molecule has 1 rings (SSSR count). The summed E-state index contributed by atoms with van der Waals surface area (Å²) in [6, 6.07) is 6.31. The molecular weight excluding hydrogens is 321 g/mol. The quantitative estimate of drug-likeness (QED) is 0.850. The first-order chi connectivity index (χ1) is 7.79. The van der Waals surface area contributed by atoms with Crippen molar-refractivity contribution in [3.05, 3.63) is 28.7 Å². The van der Waals surface area contributed by atoms with Gasteiger partial charge in [0.05, 0.1) is 6.42 Å². The summed E-state index contributed by atoms with van der Waals surface area (Å²) in [4.78, 5) is 10.8. The molecule has 0 aliphatic carbocycles. The Morgan fingerprint density at radius 2 is 2.12 bits per heavy atom. The van der Waals surface area contributed by atoms with Gasteiger partial charge in [0.1, 0.15) is 5.25 Å². The highest BCUT2D eigenvalue weighted by molar-refractivity contribution is 9.10. The van der Waals surface area contributed by atoms with E-state index < -0.39 is 23.8 Å². The van der Waals surface area contributed by atoms with E-state index in [9.17, 15) is 18.0 Å². The van der Waals surface area contributed by atoms with E-state index in [0.29, 0.717) is 21.1 Å². The predicted octanol–water partition coefficient (Wildman–Crippen LogP) is 3.95. The van der Waals surface area contributed by atoms with E-state index in [2.05, 4.69) is 15.9 Å². The molecule has 0 bridgehead atoms. The lowest BCUT2D eigenvalue weighted by Crippen LogP contribution is -2.28. The van der Waals surface area contributed by atoms with Gasteiger partial charge in [0, 0.05) is 9.37 Å². The summed E-state index contributed by atoms with van der Waals surface area (Å²) >= 11 is 3.64. The number of hydrogen-bond donors (Lipinski definition) is 1. The van der Waals surface area contributed by atoms with E-state index in [1.54, 1.807) is 12.1 Å². The van der Waals surface area contributed by atoms with Gasteiger partial charge in [0.25, 0.3) is 0 Å². The van der Waals surface area contributed by atoms with Crippen LogP contribution in [0.2, 0.25) is 0 Å². The van der Waals surface area contributed by atoms with Crippen LogP contribution in [0.3, 0.4) is 0 Å². The number of halogens is 4. The number of alkyl halides is 3. The van der Waals surface area contributed by atoms with Gasteiger partial charge in [0.15, 0.2) is 0 Å². The average Bonchev–Trinajstić information content (AvgIpc) is 2.14. The Morgan fingerprint density at radius 3 is 2.59 bits per heavy atom. The van der Waals surface area contributed by atoms with Gasteiger partial charge in [-0.25, -0.2) is 0 Å². The van der Waals surface area contributed by atoms with E-state index in [1.807, 2.05) is 0 Å². The molecule has 0 radical (unpaired) electrons. The first kappa shape index (κ1) is 14.4. The van der Waals surface area contributed by atoms with E-state index in [4.69, 9.17) is 5.11 Å². The summed E-state index contributed by atoms with van der Waals surface area (Å²) < 4.78 is 38.4. The van der Waals surface area contributed by atoms with Crippen LogP contribution in [-0.2, 0) is 4.79 Å². The average molecular weight is 329 g/mol. The molecule has 1 N–H and O–H groups in total. The van der Waals surface area contributed by atoms with Crippen LogP contribution >= 0.6 is 27.7 Å². The Hall–Kier alpha value is -0.690. The minimum absolute atomic E-state index is 0.378. The highest BCUT2D eigenvalue weighted by atomic mass is 79.9. The normalized spacial score (nSPS) is 13.4. The SMILES string of the molecule is O=C(O)CC(Sc1cccc(Br)c1)C(F)(F)F. The Morgan fingerprint density at radius 1 is 1.47 bits per heavy atom. The summed E-state index contributed by atoms with van der Waals surface area (Å²) in [5.74, 6) is -1.46. The van der Waals surface area contributed by atoms with Crippen LogP contribution in [0, 0.1) is 0 Å². The molecule has 94 valence electrons. The van der Waals surface area contributed by atoms with Crippen LogP contribution < -0.4 is 0 Å². The second kappa shape index (κ2) is 5.77. The van der Waals surface area contributed by atoms with Crippen LogP contribution in [0.15, 0.2) is 33.6 Å². The Bertz CT molecular complexity index is 409. The van der Waals surface area contributed by atoms with Crippen molar-refractivity contribution in [2.24, 2.45) is 0 Å². The lowest BCUT2D eigenvalue weighted by atomic mass is 10.3. The Labute approximate surface area is 108 Å². The van der Waals surface area contributed by atoms with E-state index in [-0.39, 0.29) is 0 Å². The standard InChI is InChI=1S/C10H8BrF3O2S/c11-6-2-1-3-7(4-6)17-8(5-9(15)16)10(12,13)14/h1-4,8H,5H2,(H,15,16). The van der Waals surface area contributed by atoms with Crippen LogP contribution in [0.4, 0.5) is 13.2 Å². The smallest absolute Gasteiger partial charge is 0.401 e. The number of aliphatic carboxylic acids is 1. The summed E-state index contributed by atoms with van der Waals surface area (Å²) in [6.45, 7) is 0. The fraction of sp³-hybridized carbons (Fsp3) is 0.300. The zero-order valence-corrected chi connectivity index (χ0v) is 10.8. The van der Waals surface area contributed by atoms with Crippen molar-refractivity contribution in [3.8, 4) is 0 Å². The third-order valence-electron chi connectivity index (χ3n) is 1.80. The van der Waals surface area contributed by atoms with Crippen LogP contribution in [-0.4, -0.2) is 22.5 Å². The van der Waals surface area contributed by atoms with Crippen molar-refractivity contribution < 1.29 is 23.1 Å². The summed E-state index contributed by atoms with van der Waals surface area (Å²) in [6.07, 6.45) is -5.48. The molecule has 1 atom stereocenters. The van der Waals surface area contributed by atoms with Crippen molar-refractivity contribution >= 4 is 33.7 Å². The molecule has 0 aliphatic heterocycles. The topological polar surface area (TPSA) is 37.3 Å². The molecular formula is C10H8BrF3O2S. The van der Waals surface area contributed by atoms with Gasteiger partial charge in [-0.2, -0.15) is 13.2 Å². The third-order valence-corrected chi connectivity index (χ3v) is 3.54. The molecule has 0 saturated heterocycles. The predicted molar refractivity (Wildman–Crippen MR) is 62.1 cm³/mol. The zero-order chi connectivity index (χ0) is 13.1. The molecule has 1 unspecified atom stereocenters. The fourth-order valence-electron chi connectivity index (χ4n) is 1.09. The summed E-state index contributed by atoms with van der Waals surface area (Å²) in [5.41, 5.74) is 0. The molecule has 0 aliphatic rings. The maximum atomic E-state index is 12.6. The molecule has 0 aromatic heterocycles. The largest absolute Gasteiger partial charge is 0.481 e. The molecule has 7 heteroatoms. The number of carbonyl (C=O) groups is 1. The molecule has 0 saturated carbocycles. The highest BCUT2D eigenvalue weighted by Gasteiger charge is 2.41. The van der Waals surface area contributed by atoms with Crippen LogP contribution in [0.25, 0.3) is 0 Å². The maximum Gasteiger partial charge on any atom is 0.401 e. The van der Waals surface area contributed by atoms with Gasteiger partial charge < -0.3 is 5.11 Å². The molecule has 0 fully saturated rings. The molecule has 0 amide bonds. The van der Waals surface area contributed by atoms with Gasteiger partial charge in [-0.3, -0.25) is 4.79 Å². The Kier molecular flexibility index (Phi) is 4.88. The second-order valence-corrected chi connectivity index (χ2v) is 5.40. The Balaban J connectivity index is 2.83. The fourth-order valence-corrected chi connectivity index (χ4v) is 2.68. The summed E-state index contributed by atoms with van der Waals surface area (Å²) in [5, 5.41) is 6.52. The minimum atomic E-state index is -4.54. The number of benzene rings is 1. The van der Waals surface area contributed by atoms with Crippen molar-refractivity contribution in [2.75, 3.05) is 0 Å². The highest BCUT2D eigenvalue weighted by Crippen LogP contribution is 2.37. The van der Waals surface area contributed by atoms with E-state index in [1.165, 1.54) is 12.1 Å². The van der Waals surface area contributed by atoms with E-state index >= 15 is 0 Å². The van der Waals surface area contributed by atoms with E-state index in [0.717, 1.165) is 0 Å². The number of rotatable bonds is 4. The van der Waals surface area contributed by atoms with Gasteiger partial charge in [-0.15, -0.1) is 11.8 Å². The second-order valence-electron chi connectivity index (χ2n) is 3.20. The lowest BCUT2D eigenvalue weighted by molar-refractivity contribution is -0.149. The minimum Gasteiger partial charge on any atom is -0.481 e. The number of carboxylic acid groups (broad SMARTS) is 1. The molecule has 2 nitrogen and oxygen atoms in total. The van der Waals surface area contributed by atoms with Crippen molar-refractivity contribution in [3.63, 3.8) is 0 Å². The first-order valence-corrected chi connectivity index (χ1v) is 6.17. The molecule has 1 aromatic carbocycles. The summed E-state index contributed by atoms with van der Waals surface area (Å²) in [7, 11) is 0. The number of carboxylic acids is 1. The van der Waals surface area contributed by atoms with Crippen molar-refractivity contribution in [2.45, 2.75) is 22.7 Å². The van der Waals surface area contributed by atoms with Crippen molar-refractivity contribution in [1.29, 1.82) is 0 Å². The molecule has 0 heterocycles. The van der Waals surface area contributed by atoms with Gasteiger partial charge >= 0.3 is 12.1 Å². The lowest BCUT2D eigenvalue weighted by Gasteiger charge is -2.17. The van der Waals surface area contributed by atoms with Gasteiger partial charge in [-0.05, 0) is 18.2 Å². The van der Waals surface area contributed by atoms with Gasteiger partial charge in [0.2, 0.25) is 0 Å². The molecule has 0 spiro atoms. The number of thioether (sulfide) groups is 1. The van der Waals surface area contributed by atoms with Crippen molar-refractivity contribution in [1.82, 2.24) is 0 Å². The van der Waals surface area contributed by atoms with Crippen LogP contribution in [0.1, 0.15) is 6.42 Å². The third kappa shape index (κ3) is 4.99. The zero-order valence-electron chi connectivity index (χ0n) is 8.37. The maximum absolute atomic E-state index is 12.6.